The van der Waals surface area contributed by atoms with E-state index in [-0.39, 0.29) is 6.10 Å². The van der Waals surface area contributed by atoms with Gasteiger partial charge in [0, 0.05) is 32.4 Å². The van der Waals surface area contributed by atoms with E-state index in [1.54, 1.807) is 0 Å². The van der Waals surface area contributed by atoms with Crippen LogP contribution in [0.3, 0.4) is 0 Å². The average molecular weight is 246 g/mol. The molecule has 5 nitrogen and oxygen atoms in total. The van der Waals surface area contributed by atoms with Crippen LogP contribution in [0, 0.1) is 0 Å². The number of aromatic nitrogens is 2. The number of hydrogen-bond donors (Lipinski definition) is 2. The predicted octanol–water partition coefficient (Wildman–Crippen LogP) is 0.974. The summed E-state index contributed by atoms with van der Waals surface area (Å²) >= 11 is 0. The van der Waals surface area contributed by atoms with Crippen LogP contribution in [0.5, 0.6) is 0 Å². The standard InChI is InChI=1S/C13H18N4O/c1-17-9-16-12-6-10(2-3-13(12)17)15-8-11-7-14-4-5-18-11/h2-3,6,9,11,14-15H,4-5,7-8H2,1H3. The molecule has 1 saturated heterocycles. The summed E-state index contributed by atoms with van der Waals surface area (Å²) in [5, 5.41) is 6.72. The molecule has 0 aliphatic carbocycles. The maximum Gasteiger partial charge on any atom is 0.0955 e. The molecule has 1 atom stereocenters. The van der Waals surface area contributed by atoms with Crippen LogP contribution in [0.25, 0.3) is 11.0 Å². The van der Waals surface area contributed by atoms with Gasteiger partial charge in [0.15, 0.2) is 0 Å². The van der Waals surface area contributed by atoms with Gasteiger partial charge in [0.1, 0.15) is 0 Å². The Balaban J connectivity index is 1.66. The predicted molar refractivity (Wildman–Crippen MR) is 71.8 cm³/mol. The van der Waals surface area contributed by atoms with Crippen molar-refractivity contribution < 1.29 is 4.74 Å². The Morgan fingerprint density at radius 2 is 2.50 bits per heavy atom. The molecule has 1 aromatic carbocycles. The summed E-state index contributed by atoms with van der Waals surface area (Å²) in [5.74, 6) is 0. The van der Waals surface area contributed by atoms with E-state index in [4.69, 9.17) is 4.74 Å². The maximum atomic E-state index is 5.65. The molecular formula is C13H18N4O. The minimum atomic E-state index is 0.248. The topological polar surface area (TPSA) is 51.1 Å². The highest BCUT2D eigenvalue weighted by atomic mass is 16.5. The third-order valence-electron chi connectivity index (χ3n) is 3.26. The number of ether oxygens (including phenoxy) is 1. The van der Waals surface area contributed by atoms with Crippen molar-refractivity contribution in [3.05, 3.63) is 24.5 Å². The van der Waals surface area contributed by atoms with Crippen LogP contribution in [-0.2, 0) is 11.8 Å². The van der Waals surface area contributed by atoms with Crippen LogP contribution >= 0.6 is 0 Å². The summed E-state index contributed by atoms with van der Waals surface area (Å²) in [6, 6.07) is 6.25. The van der Waals surface area contributed by atoms with Crippen molar-refractivity contribution in [3.63, 3.8) is 0 Å². The Morgan fingerprint density at radius 1 is 1.56 bits per heavy atom. The number of fused-ring (bicyclic) bond motifs is 1. The monoisotopic (exact) mass is 246 g/mol. The number of morpholine rings is 1. The van der Waals surface area contributed by atoms with Crippen molar-refractivity contribution in [2.24, 2.45) is 7.05 Å². The van der Waals surface area contributed by atoms with Gasteiger partial charge in [0.05, 0.1) is 30.1 Å². The summed E-state index contributed by atoms with van der Waals surface area (Å²) in [6.07, 6.45) is 2.08. The number of aryl methyl sites for hydroxylation is 1. The first-order valence-corrected chi connectivity index (χ1v) is 6.30. The lowest BCUT2D eigenvalue weighted by atomic mass is 10.2. The van der Waals surface area contributed by atoms with Gasteiger partial charge >= 0.3 is 0 Å². The Labute approximate surface area is 106 Å². The molecule has 2 heterocycles. The van der Waals surface area contributed by atoms with Crippen molar-refractivity contribution in [2.45, 2.75) is 6.10 Å². The van der Waals surface area contributed by atoms with Gasteiger partial charge in [0.25, 0.3) is 0 Å². The smallest absolute Gasteiger partial charge is 0.0955 e. The van der Waals surface area contributed by atoms with Crippen LogP contribution in [0.2, 0.25) is 0 Å². The zero-order chi connectivity index (χ0) is 12.4. The van der Waals surface area contributed by atoms with Crippen LogP contribution in [0.15, 0.2) is 24.5 Å². The molecule has 0 bridgehead atoms. The molecule has 18 heavy (non-hydrogen) atoms. The molecule has 0 saturated carbocycles. The fourth-order valence-electron chi connectivity index (χ4n) is 2.23. The lowest BCUT2D eigenvalue weighted by molar-refractivity contribution is 0.0372. The van der Waals surface area contributed by atoms with Gasteiger partial charge < -0.3 is 19.9 Å². The van der Waals surface area contributed by atoms with E-state index in [1.807, 2.05) is 17.9 Å². The highest BCUT2D eigenvalue weighted by Gasteiger charge is 2.12. The molecule has 1 fully saturated rings. The van der Waals surface area contributed by atoms with E-state index in [0.717, 1.165) is 43.0 Å². The molecule has 1 aliphatic heterocycles. The van der Waals surface area contributed by atoms with E-state index in [2.05, 4.69) is 33.8 Å². The summed E-state index contributed by atoms with van der Waals surface area (Å²) < 4.78 is 7.67. The quantitative estimate of drug-likeness (QED) is 0.847. The molecule has 2 aromatic rings. The van der Waals surface area contributed by atoms with Gasteiger partial charge in [-0.3, -0.25) is 0 Å². The third kappa shape index (κ3) is 2.32. The summed E-state index contributed by atoms with van der Waals surface area (Å²) in [4.78, 5) is 4.35. The van der Waals surface area contributed by atoms with E-state index in [9.17, 15) is 0 Å². The van der Waals surface area contributed by atoms with Crippen molar-refractivity contribution in [3.8, 4) is 0 Å². The van der Waals surface area contributed by atoms with E-state index in [1.165, 1.54) is 0 Å². The third-order valence-corrected chi connectivity index (χ3v) is 3.26. The second-order valence-electron chi connectivity index (χ2n) is 4.64. The Kier molecular flexibility index (Phi) is 3.17. The van der Waals surface area contributed by atoms with Crippen LogP contribution in [0.1, 0.15) is 0 Å². The van der Waals surface area contributed by atoms with Gasteiger partial charge in [-0.05, 0) is 18.2 Å². The summed E-state index contributed by atoms with van der Waals surface area (Å²) in [5.41, 5.74) is 3.26. The number of anilines is 1. The number of nitrogens with one attached hydrogen (secondary N) is 2. The van der Waals surface area contributed by atoms with Crippen molar-refractivity contribution in [1.29, 1.82) is 0 Å². The number of hydrogen-bond acceptors (Lipinski definition) is 4. The Hall–Kier alpha value is -1.59. The van der Waals surface area contributed by atoms with Gasteiger partial charge in [-0.2, -0.15) is 0 Å². The summed E-state index contributed by atoms with van der Waals surface area (Å²) in [7, 11) is 2.00. The molecule has 2 N–H and O–H groups in total. The minimum Gasteiger partial charge on any atom is -0.382 e. The minimum absolute atomic E-state index is 0.248. The largest absolute Gasteiger partial charge is 0.382 e. The van der Waals surface area contributed by atoms with E-state index < -0.39 is 0 Å². The molecule has 96 valence electrons. The summed E-state index contributed by atoms with van der Waals surface area (Å²) in [6.45, 7) is 3.49. The highest BCUT2D eigenvalue weighted by Crippen LogP contribution is 2.17. The number of rotatable bonds is 3. The molecule has 1 aromatic heterocycles. The molecule has 0 amide bonds. The normalized spacial score (nSPS) is 20.2. The number of benzene rings is 1. The van der Waals surface area contributed by atoms with Crippen molar-refractivity contribution >= 4 is 16.7 Å². The second kappa shape index (κ2) is 4.96. The van der Waals surface area contributed by atoms with Crippen molar-refractivity contribution in [2.75, 3.05) is 31.6 Å². The fourth-order valence-corrected chi connectivity index (χ4v) is 2.23. The van der Waals surface area contributed by atoms with Gasteiger partial charge in [-0.1, -0.05) is 0 Å². The maximum absolute atomic E-state index is 5.65. The van der Waals surface area contributed by atoms with E-state index in [0.29, 0.717) is 0 Å². The molecule has 1 aliphatic rings. The van der Waals surface area contributed by atoms with Crippen LogP contribution in [-0.4, -0.2) is 41.9 Å². The first-order chi connectivity index (χ1) is 8.83. The number of imidazole rings is 1. The van der Waals surface area contributed by atoms with Gasteiger partial charge in [-0.15, -0.1) is 0 Å². The zero-order valence-corrected chi connectivity index (χ0v) is 10.5. The van der Waals surface area contributed by atoms with Gasteiger partial charge in [0.2, 0.25) is 0 Å². The number of nitrogens with zero attached hydrogens (tertiary/aromatic N) is 2. The molecular weight excluding hydrogens is 228 g/mol. The first kappa shape index (κ1) is 11.5. The lowest BCUT2D eigenvalue weighted by Crippen LogP contribution is -2.42. The first-order valence-electron chi connectivity index (χ1n) is 6.30. The molecule has 1 unspecified atom stereocenters. The SMILES string of the molecule is Cn1cnc2cc(NCC3CNCCO3)ccc21. The zero-order valence-electron chi connectivity index (χ0n) is 10.5. The van der Waals surface area contributed by atoms with Crippen molar-refractivity contribution in [1.82, 2.24) is 14.9 Å². The molecule has 0 radical (unpaired) electrons. The van der Waals surface area contributed by atoms with Crippen LogP contribution < -0.4 is 10.6 Å². The van der Waals surface area contributed by atoms with E-state index >= 15 is 0 Å². The highest BCUT2D eigenvalue weighted by molar-refractivity contribution is 5.79. The Morgan fingerprint density at radius 3 is 3.33 bits per heavy atom. The second-order valence-corrected chi connectivity index (χ2v) is 4.64. The molecule has 5 heteroatoms. The average Bonchev–Trinajstić information content (AvgIpc) is 2.79. The van der Waals surface area contributed by atoms with Crippen LogP contribution in [0.4, 0.5) is 5.69 Å². The van der Waals surface area contributed by atoms with Gasteiger partial charge in [-0.25, -0.2) is 4.98 Å². The Bertz CT molecular complexity index is 531. The fraction of sp³-hybridized carbons (Fsp3) is 0.462. The molecule has 0 spiro atoms. The molecule has 3 rings (SSSR count). The lowest BCUT2D eigenvalue weighted by Gasteiger charge is -2.24.